The van der Waals surface area contributed by atoms with E-state index < -0.39 is 5.54 Å². The van der Waals surface area contributed by atoms with Gasteiger partial charge < -0.3 is 11.1 Å². The average molecular weight is 285 g/mol. The third-order valence-electron chi connectivity index (χ3n) is 3.76. The van der Waals surface area contributed by atoms with Crippen LogP contribution in [0.25, 0.3) is 0 Å². The lowest BCUT2D eigenvalue weighted by Gasteiger charge is -2.29. The van der Waals surface area contributed by atoms with Crippen LogP contribution in [-0.4, -0.2) is 27.3 Å². The maximum atomic E-state index is 11.8. The van der Waals surface area contributed by atoms with Crippen molar-refractivity contribution in [1.29, 1.82) is 0 Å². The number of aromatic nitrogens is 2. The molecule has 1 aliphatic rings. The molecular formula is C13H21ClN4O. The van der Waals surface area contributed by atoms with E-state index in [0.29, 0.717) is 11.4 Å². The van der Waals surface area contributed by atoms with Gasteiger partial charge in [0.1, 0.15) is 0 Å². The quantitative estimate of drug-likeness (QED) is 0.885. The van der Waals surface area contributed by atoms with Crippen molar-refractivity contribution < 1.29 is 4.79 Å². The minimum absolute atomic E-state index is 0.171. The molecule has 0 spiro atoms. The first-order chi connectivity index (χ1) is 8.84. The van der Waals surface area contributed by atoms with Gasteiger partial charge in [0.05, 0.1) is 22.3 Å². The monoisotopic (exact) mass is 284 g/mol. The van der Waals surface area contributed by atoms with Crippen molar-refractivity contribution in [2.24, 2.45) is 5.73 Å². The summed E-state index contributed by atoms with van der Waals surface area (Å²) in [6, 6.07) is 0.388. The lowest BCUT2D eigenvalue weighted by Crippen LogP contribution is -2.56. The molecule has 1 aromatic rings. The molecule has 0 aliphatic heterocycles. The Morgan fingerprint density at radius 3 is 2.84 bits per heavy atom. The number of nitrogens with one attached hydrogen (secondary N) is 1. The molecule has 1 fully saturated rings. The molecule has 6 heteroatoms. The Labute approximate surface area is 118 Å². The molecule has 106 valence electrons. The lowest BCUT2D eigenvalue weighted by atomic mass is 9.95. The molecule has 1 aliphatic carbocycles. The first-order valence-corrected chi connectivity index (χ1v) is 7.01. The summed E-state index contributed by atoms with van der Waals surface area (Å²) in [5, 5.41) is 8.39. The first kappa shape index (κ1) is 14.3. The Kier molecular flexibility index (Phi) is 3.87. The Morgan fingerprint density at radius 2 is 2.37 bits per heavy atom. The van der Waals surface area contributed by atoms with Crippen LogP contribution in [0.3, 0.4) is 0 Å². The van der Waals surface area contributed by atoms with Crippen LogP contribution in [0.2, 0.25) is 5.02 Å². The van der Waals surface area contributed by atoms with Crippen LogP contribution in [0, 0.1) is 6.92 Å². The molecule has 2 rings (SSSR count). The number of primary amides is 1. The summed E-state index contributed by atoms with van der Waals surface area (Å²) in [5.41, 5.74) is 5.79. The SMILES string of the molecule is Cc1nn(C2CCC(NC(C)C)(C(N)=O)C2)cc1Cl. The van der Waals surface area contributed by atoms with Gasteiger partial charge in [-0.2, -0.15) is 5.10 Å². The van der Waals surface area contributed by atoms with Crippen LogP contribution in [-0.2, 0) is 4.79 Å². The van der Waals surface area contributed by atoms with E-state index >= 15 is 0 Å². The summed E-state index contributed by atoms with van der Waals surface area (Å²) in [4.78, 5) is 11.8. The van der Waals surface area contributed by atoms with E-state index in [0.717, 1.165) is 18.5 Å². The summed E-state index contributed by atoms with van der Waals surface area (Å²) in [5.74, 6) is -0.279. The molecular weight excluding hydrogens is 264 g/mol. The van der Waals surface area contributed by atoms with Gasteiger partial charge in [0.2, 0.25) is 5.91 Å². The van der Waals surface area contributed by atoms with Crippen molar-refractivity contribution >= 4 is 17.5 Å². The van der Waals surface area contributed by atoms with E-state index in [1.165, 1.54) is 0 Å². The van der Waals surface area contributed by atoms with Crippen molar-refractivity contribution in [3.63, 3.8) is 0 Å². The highest BCUT2D eigenvalue weighted by molar-refractivity contribution is 6.31. The van der Waals surface area contributed by atoms with Crippen LogP contribution in [0.1, 0.15) is 44.8 Å². The van der Waals surface area contributed by atoms with Gasteiger partial charge in [-0.1, -0.05) is 11.6 Å². The highest BCUT2D eigenvalue weighted by atomic mass is 35.5. The van der Waals surface area contributed by atoms with Gasteiger partial charge in [0, 0.05) is 12.2 Å². The largest absolute Gasteiger partial charge is 0.368 e. The Morgan fingerprint density at radius 1 is 1.68 bits per heavy atom. The van der Waals surface area contributed by atoms with Gasteiger partial charge >= 0.3 is 0 Å². The van der Waals surface area contributed by atoms with Gasteiger partial charge in [-0.25, -0.2) is 0 Å². The highest BCUT2D eigenvalue weighted by Gasteiger charge is 2.45. The summed E-state index contributed by atoms with van der Waals surface area (Å²) in [7, 11) is 0. The molecule has 1 heterocycles. The van der Waals surface area contributed by atoms with Crippen LogP contribution in [0.15, 0.2) is 6.20 Å². The number of nitrogens with two attached hydrogens (primary N) is 1. The first-order valence-electron chi connectivity index (χ1n) is 6.63. The predicted octanol–water partition coefficient (Wildman–Crippen LogP) is 1.79. The average Bonchev–Trinajstić information content (AvgIpc) is 2.84. The Hall–Kier alpha value is -1.07. The number of carbonyl (C=O) groups is 1. The maximum Gasteiger partial charge on any atom is 0.237 e. The van der Waals surface area contributed by atoms with Gasteiger partial charge in [-0.05, 0) is 40.0 Å². The Balaban J connectivity index is 2.19. The maximum absolute atomic E-state index is 11.8. The van der Waals surface area contributed by atoms with Crippen LogP contribution in [0.4, 0.5) is 0 Å². The zero-order valence-corrected chi connectivity index (χ0v) is 12.4. The van der Waals surface area contributed by atoms with Gasteiger partial charge in [-0.3, -0.25) is 9.48 Å². The van der Waals surface area contributed by atoms with E-state index in [1.54, 1.807) is 0 Å². The number of carbonyl (C=O) groups excluding carboxylic acids is 1. The number of hydrogen-bond acceptors (Lipinski definition) is 3. The summed E-state index contributed by atoms with van der Waals surface area (Å²) >= 11 is 6.04. The van der Waals surface area contributed by atoms with E-state index in [4.69, 9.17) is 17.3 Å². The van der Waals surface area contributed by atoms with Gasteiger partial charge in [0.25, 0.3) is 0 Å². The van der Waals surface area contributed by atoms with E-state index in [9.17, 15) is 4.79 Å². The van der Waals surface area contributed by atoms with Crippen molar-refractivity contribution in [2.45, 2.75) is 57.7 Å². The minimum atomic E-state index is -0.620. The van der Waals surface area contributed by atoms with E-state index in [2.05, 4.69) is 10.4 Å². The number of rotatable bonds is 4. The molecule has 0 saturated heterocycles. The number of amides is 1. The molecule has 2 unspecified atom stereocenters. The van der Waals surface area contributed by atoms with Crippen LogP contribution in [0.5, 0.6) is 0 Å². The number of nitrogens with zero attached hydrogens (tertiary/aromatic N) is 2. The van der Waals surface area contributed by atoms with Crippen LogP contribution < -0.4 is 11.1 Å². The molecule has 1 saturated carbocycles. The Bertz CT molecular complexity index is 465. The predicted molar refractivity (Wildman–Crippen MR) is 75.1 cm³/mol. The van der Waals surface area contributed by atoms with Crippen LogP contribution >= 0.6 is 11.6 Å². The van der Waals surface area contributed by atoms with Gasteiger partial charge in [0.15, 0.2) is 0 Å². The molecule has 19 heavy (non-hydrogen) atoms. The second-order valence-corrected chi connectivity index (χ2v) is 6.09. The van der Waals surface area contributed by atoms with Gasteiger partial charge in [-0.15, -0.1) is 0 Å². The number of hydrogen-bond donors (Lipinski definition) is 2. The number of aryl methyl sites for hydroxylation is 1. The third kappa shape index (κ3) is 2.77. The third-order valence-corrected chi connectivity index (χ3v) is 4.13. The molecule has 1 aromatic heterocycles. The summed E-state index contributed by atoms with van der Waals surface area (Å²) < 4.78 is 1.87. The topological polar surface area (TPSA) is 72.9 Å². The fourth-order valence-corrected chi connectivity index (χ4v) is 3.01. The molecule has 1 amide bonds. The molecule has 2 atom stereocenters. The van der Waals surface area contributed by atoms with E-state index in [1.807, 2.05) is 31.6 Å². The van der Waals surface area contributed by atoms with Crippen molar-refractivity contribution in [2.75, 3.05) is 0 Å². The standard InChI is InChI=1S/C13H21ClN4O/c1-8(2)16-13(12(15)19)5-4-10(6-13)18-7-11(14)9(3)17-18/h7-8,10,16H,4-6H2,1-3H3,(H2,15,19). The van der Waals surface area contributed by atoms with E-state index in [-0.39, 0.29) is 18.0 Å². The minimum Gasteiger partial charge on any atom is -0.368 e. The number of halogens is 1. The lowest BCUT2D eigenvalue weighted by molar-refractivity contribution is -0.124. The second-order valence-electron chi connectivity index (χ2n) is 5.68. The fraction of sp³-hybridized carbons (Fsp3) is 0.692. The zero-order chi connectivity index (χ0) is 14.2. The van der Waals surface area contributed by atoms with Crippen molar-refractivity contribution in [3.05, 3.63) is 16.9 Å². The summed E-state index contributed by atoms with van der Waals surface area (Å²) in [6.45, 7) is 5.92. The summed E-state index contributed by atoms with van der Waals surface area (Å²) in [6.07, 6.45) is 4.10. The molecule has 0 bridgehead atoms. The molecule has 0 radical (unpaired) electrons. The molecule has 0 aromatic carbocycles. The highest BCUT2D eigenvalue weighted by Crippen LogP contribution is 2.38. The second kappa shape index (κ2) is 5.13. The zero-order valence-electron chi connectivity index (χ0n) is 11.6. The van der Waals surface area contributed by atoms with Crippen molar-refractivity contribution in [3.8, 4) is 0 Å². The fourth-order valence-electron chi connectivity index (χ4n) is 2.87. The van der Waals surface area contributed by atoms with Crippen molar-refractivity contribution in [1.82, 2.24) is 15.1 Å². The smallest absolute Gasteiger partial charge is 0.237 e. The molecule has 5 nitrogen and oxygen atoms in total. The molecule has 3 N–H and O–H groups in total. The normalized spacial score (nSPS) is 27.1.